The van der Waals surface area contributed by atoms with E-state index in [1.54, 1.807) is 19.2 Å². The third-order valence-electron chi connectivity index (χ3n) is 3.80. The molecule has 1 saturated heterocycles. The lowest BCUT2D eigenvalue weighted by Gasteiger charge is -2.34. The van der Waals surface area contributed by atoms with Crippen LogP contribution in [0.4, 0.5) is 0 Å². The van der Waals surface area contributed by atoms with Crippen molar-refractivity contribution in [2.24, 2.45) is 0 Å². The molecule has 3 rings (SSSR count). The molecule has 0 unspecified atom stereocenters. The van der Waals surface area contributed by atoms with Crippen LogP contribution in [-0.4, -0.2) is 54.0 Å². The Morgan fingerprint density at radius 2 is 2.09 bits per heavy atom. The predicted octanol–water partition coefficient (Wildman–Crippen LogP) is 1.64. The van der Waals surface area contributed by atoms with E-state index in [1.807, 2.05) is 23.2 Å². The second-order valence-corrected chi connectivity index (χ2v) is 5.25. The molecule has 0 aliphatic carbocycles. The summed E-state index contributed by atoms with van der Waals surface area (Å²) in [7, 11) is 1.61. The standard InChI is InChI=1S/C16H19N3O3/c1-21-15-5-4-13(11-17-15)12-18-6-8-19(9-7-18)16(20)14-3-2-10-22-14/h2-5,10-11H,6-9,12H2,1H3. The van der Waals surface area contributed by atoms with Gasteiger partial charge in [0.25, 0.3) is 5.91 Å². The highest BCUT2D eigenvalue weighted by molar-refractivity contribution is 5.91. The van der Waals surface area contributed by atoms with Crippen LogP contribution >= 0.6 is 0 Å². The van der Waals surface area contributed by atoms with Crippen molar-refractivity contribution >= 4 is 5.91 Å². The number of ether oxygens (including phenoxy) is 1. The third-order valence-corrected chi connectivity index (χ3v) is 3.80. The zero-order chi connectivity index (χ0) is 15.4. The first-order valence-corrected chi connectivity index (χ1v) is 7.30. The maximum atomic E-state index is 12.2. The van der Waals surface area contributed by atoms with Gasteiger partial charge < -0.3 is 14.1 Å². The quantitative estimate of drug-likeness (QED) is 0.859. The molecule has 0 aromatic carbocycles. The second kappa shape index (κ2) is 6.62. The van der Waals surface area contributed by atoms with Crippen LogP contribution in [0.25, 0.3) is 0 Å². The molecule has 116 valence electrons. The Kier molecular flexibility index (Phi) is 4.39. The van der Waals surface area contributed by atoms with E-state index in [-0.39, 0.29) is 5.91 Å². The van der Waals surface area contributed by atoms with Gasteiger partial charge in [0.05, 0.1) is 13.4 Å². The van der Waals surface area contributed by atoms with Gasteiger partial charge in [0.1, 0.15) is 0 Å². The van der Waals surface area contributed by atoms with Crippen molar-refractivity contribution < 1.29 is 13.9 Å². The number of hydrogen-bond donors (Lipinski definition) is 0. The monoisotopic (exact) mass is 301 g/mol. The predicted molar refractivity (Wildman–Crippen MR) is 80.7 cm³/mol. The summed E-state index contributed by atoms with van der Waals surface area (Å²) in [6, 6.07) is 7.33. The zero-order valence-corrected chi connectivity index (χ0v) is 12.6. The molecule has 2 aromatic heterocycles. The van der Waals surface area contributed by atoms with Gasteiger partial charge in [0, 0.05) is 45.0 Å². The van der Waals surface area contributed by atoms with Crippen molar-refractivity contribution in [1.29, 1.82) is 0 Å². The van der Waals surface area contributed by atoms with Gasteiger partial charge in [-0.05, 0) is 17.7 Å². The number of aromatic nitrogens is 1. The molecule has 0 atom stereocenters. The first kappa shape index (κ1) is 14.6. The normalized spacial score (nSPS) is 15.8. The average Bonchev–Trinajstić information content (AvgIpc) is 3.10. The molecule has 1 aliphatic heterocycles. The number of hydrogen-bond acceptors (Lipinski definition) is 5. The van der Waals surface area contributed by atoms with E-state index in [0.29, 0.717) is 24.7 Å². The maximum Gasteiger partial charge on any atom is 0.289 e. The van der Waals surface area contributed by atoms with Gasteiger partial charge in [-0.15, -0.1) is 0 Å². The summed E-state index contributed by atoms with van der Waals surface area (Å²) in [5.41, 5.74) is 1.15. The number of amides is 1. The first-order valence-electron chi connectivity index (χ1n) is 7.30. The van der Waals surface area contributed by atoms with E-state index in [2.05, 4.69) is 9.88 Å². The van der Waals surface area contributed by atoms with Crippen LogP contribution in [-0.2, 0) is 6.54 Å². The second-order valence-electron chi connectivity index (χ2n) is 5.25. The van der Waals surface area contributed by atoms with E-state index in [0.717, 1.165) is 25.2 Å². The van der Waals surface area contributed by atoms with Crippen molar-refractivity contribution in [1.82, 2.24) is 14.8 Å². The number of methoxy groups -OCH3 is 1. The van der Waals surface area contributed by atoms with E-state index < -0.39 is 0 Å². The average molecular weight is 301 g/mol. The van der Waals surface area contributed by atoms with Gasteiger partial charge in [-0.1, -0.05) is 6.07 Å². The zero-order valence-electron chi connectivity index (χ0n) is 12.6. The highest BCUT2D eigenvalue weighted by Crippen LogP contribution is 2.13. The van der Waals surface area contributed by atoms with Crippen molar-refractivity contribution in [3.05, 3.63) is 48.0 Å². The minimum atomic E-state index is -0.0317. The smallest absolute Gasteiger partial charge is 0.289 e. The number of rotatable bonds is 4. The minimum Gasteiger partial charge on any atom is -0.481 e. The van der Waals surface area contributed by atoms with E-state index in [9.17, 15) is 4.79 Å². The Bertz CT molecular complexity index is 602. The Morgan fingerprint density at radius 3 is 2.68 bits per heavy atom. The van der Waals surface area contributed by atoms with Crippen LogP contribution in [0.15, 0.2) is 41.1 Å². The van der Waals surface area contributed by atoms with Crippen LogP contribution in [0, 0.1) is 0 Å². The molecule has 0 bridgehead atoms. The molecule has 3 heterocycles. The fourth-order valence-electron chi connectivity index (χ4n) is 2.55. The molecule has 0 spiro atoms. The number of pyridine rings is 1. The lowest BCUT2D eigenvalue weighted by atomic mass is 10.2. The van der Waals surface area contributed by atoms with Gasteiger partial charge in [-0.2, -0.15) is 0 Å². The van der Waals surface area contributed by atoms with Gasteiger partial charge in [-0.3, -0.25) is 9.69 Å². The van der Waals surface area contributed by atoms with Crippen molar-refractivity contribution in [2.45, 2.75) is 6.54 Å². The molecule has 0 N–H and O–H groups in total. The van der Waals surface area contributed by atoms with Gasteiger partial charge in [0.15, 0.2) is 5.76 Å². The Labute approximate surface area is 129 Å². The summed E-state index contributed by atoms with van der Waals surface area (Å²) in [5, 5.41) is 0. The van der Waals surface area contributed by atoms with Crippen molar-refractivity contribution in [2.75, 3.05) is 33.3 Å². The molecule has 0 saturated carbocycles. The van der Waals surface area contributed by atoms with Crippen LogP contribution in [0.2, 0.25) is 0 Å². The van der Waals surface area contributed by atoms with Gasteiger partial charge >= 0.3 is 0 Å². The SMILES string of the molecule is COc1ccc(CN2CCN(C(=O)c3ccco3)CC2)cn1. The van der Waals surface area contributed by atoms with Crippen LogP contribution in [0.3, 0.4) is 0 Å². The Morgan fingerprint density at radius 1 is 1.27 bits per heavy atom. The molecule has 2 aromatic rings. The van der Waals surface area contributed by atoms with Crippen molar-refractivity contribution in [3.63, 3.8) is 0 Å². The van der Waals surface area contributed by atoms with E-state index in [1.165, 1.54) is 6.26 Å². The number of carbonyl (C=O) groups is 1. The summed E-state index contributed by atoms with van der Waals surface area (Å²) >= 11 is 0. The van der Waals surface area contributed by atoms with Crippen molar-refractivity contribution in [3.8, 4) is 5.88 Å². The molecule has 22 heavy (non-hydrogen) atoms. The number of nitrogens with zero attached hydrogens (tertiary/aromatic N) is 3. The Balaban J connectivity index is 1.52. The minimum absolute atomic E-state index is 0.0317. The number of piperazine rings is 1. The summed E-state index contributed by atoms with van der Waals surface area (Å²) < 4.78 is 10.2. The summed E-state index contributed by atoms with van der Waals surface area (Å²) in [6.07, 6.45) is 3.36. The van der Waals surface area contributed by atoms with E-state index >= 15 is 0 Å². The number of carbonyl (C=O) groups excluding carboxylic acids is 1. The number of furan rings is 1. The molecule has 6 heteroatoms. The summed E-state index contributed by atoms with van der Waals surface area (Å²) in [5.74, 6) is 1.00. The van der Waals surface area contributed by atoms with Gasteiger partial charge in [0.2, 0.25) is 5.88 Å². The van der Waals surface area contributed by atoms with Crippen LogP contribution < -0.4 is 4.74 Å². The molecule has 1 amide bonds. The molecular formula is C16H19N3O3. The third kappa shape index (κ3) is 3.28. The molecule has 6 nitrogen and oxygen atoms in total. The van der Waals surface area contributed by atoms with Crippen LogP contribution in [0.1, 0.15) is 16.1 Å². The van der Waals surface area contributed by atoms with Gasteiger partial charge in [-0.25, -0.2) is 4.98 Å². The Hall–Kier alpha value is -2.34. The fourth-order valence-corrected chi connectivity index (χ4v) is 2.55. The highest BCUT2D eigenvalue weighted by atomic mass is 16.5. The maximum absolute atomic E-state index is 12.2. The topological polar surface area (TPSA) is 58.8 Å². The molecule has 1 fully saturated rings. The lowest BCUT2D eigenvalue weighted by Crippen LogP contribution is -2.48. The first-order chi connectivity index (χ1) is 10.8. The summed E-state index contributed by atoms with van der Waals surface area (Å²) in [6.45, 7) is 3.95. The lowest BCUT2D eigenvalue weighted by molar-refractivity contribution is 0.0597. The molecule has 0 radical (unpaired) electrons. The summed E-state index contributed by atoms with van der Waals surface area (Å²) in [4.78, 5) is 20.5. The van der Waals surface area contributed by atoms with Crippen LogP contribution in [0.5, 0.6) is 5.88 Å². The van der Waals surface area contributed by atoms with E-state index in [4.69, 9.17) is 9.15 Å². The highest BCUT2D eigenvalue weighted by Gasteiger charge is 2.23. The molecular weight excluding hydrogens is 282 g/mol. The fraction of sp³-hybridized carbons (Fsp3) is 0.375. The molecule has 1 aliphatic rings. The largest absolute Gasteiger partial charge is 0.481 e.